The Morgan fingerprint density at radius 1 is 1.00 bits per heavy atom. The third-order valence-corrected chi connectivity index (χ3v) is 6.56. The number of nitrogens with zero attached hydrogens (tertiary/aromatic N) is 4. The highest BCUT2D eigenvalue weighted by molar-refractivity contribution is 7.14. The van der Waals surface area contributed by atoms with E-state index in [0.29, 0.717) is 11.5 Å². The number of hydrogen-bond donors (Lipinski definition) is 3. The van der Waals surface area contributed by atoms with Gasteiger partial charge in [-0.2, -0.15) is 9.49 Å². The fraction of sp³-hybridized carbons (Fsp3) is 0.120. The Morgan fingerprint density at radius 2 is 1.94 bits per heavy atom. The lowest BCUT2D eigenvalue weighted by Crippen LogP contribution is -2.11. The maximum Gasteiger partial charge on any atom is 0.176 e. The molecular formula is C25H20FN7S. The number of thiophene rings is 1. The highest BCUT2D eigenvalue weighted by Crippen LogP contribution is 2.34. The van der Waals surface area contributed by atoms with E-state index < -0.39 is 0 Å². The number of benzene rings is 1. The van der Waals surface area contributed by atoms with Gasteiger partial charge in [-0.05, 0) is 48.5 Å². The van der Waals surface area contributed by atoms with Crippen LogP contribution in [0.5, 0.6) is 0 Å². The predicted molar refractivity (Wildman–Crippen MR) is 133 cm³/mol. The molecule has 0 saturated heterocycles. The molecular weight excluding hydrogens is 449 g/mol. The molecule has 0 bridgehead atoms. The fourth-order valence-corrected chi connectivity index (χ4v) is 4.78. The Labute approximate surface area is 198 Å². The second kappa shape index (κ2) is 8.44. The zero-order chi connectivity index (χ0) is 23.1. The van der Waals surface area contributed by atoms with Crippen molar-refractivity contribution in [3.63, 3.8) is 0 Å². The van der Waals surface area contributed by atoms with Gasteiger partial charge >= 0.3 is 0 Å². The third-order valence-electron chi connectivity index (χ3n) is 5.65. The van der Waals surface area contributed by atoms with Crippen molar-refractivity contribution in [1.82, 2.24) is 35.5 Å². The molecule has 1 aromatic carbocycles. The number of aromatic amines is 2. The number of imidazole rings is 1. The van der Waals surface area contributed by atoms with Gasteiger partial charge in [0, 0.05) is 34.9 Å². The molecule has 5 aromatic heterocycles. The Kier molecular flexibility index (Phi) is 5.12. The summed E-state index contributed by atoms with van der Waals surface area (Å²) in [6.45, 7) is 3.73. The Hall–Kier alpha value is -3.95. The van der Waals surface area contributed by atoms with Crippen molar-refractivity contribution in [3.05, 3.63) is 71.6 Å². The molecule has 6 rings (SSSR count). The van der Waals surface area contributed by atoms with E-state index in [-0.39, 0.29) is 5.13 Å². The summed E-state index contributed by atoms with van der Waals surface area (Å²) in [6.07, 6.45) is 3.68. The molecule has 168 valence electrons. The van der Waals surface area contributed by atoms with Gasteiger partial charge in [0.05, 0.1) is 22.2 Å². The van der Waals surface area contributed by atoms with Crippen LogP contribution in [0.1, 0.15) is 12.5 Å². The van der Waals surface area contributed by atoms with E-state index >= 15 is 0 Å². The molecule has 0 aliphatic heterocycles. The number of halogens is 1. The first-order valence-electron chi connectivity index (χ1n) is 10.9. The highest BCUT2D eigenvalue weighted by Gasteiger charge is 2.17. The average molecular weight is 470 g/mol. The quantitative estimate of drug-likeness (QED) is 0.298. The number of pyridine rings is 2. The van der Waals surface area contributed by atoms with E-state index in [1.165, 1.54) is 6.07 Å². The van der Waals surface area contributed by atoms with Crippen LogP contribution in [-0.2, 0) is 6.54 Å². The number of para-hydroxylation sites is 1. The van der Waals surface area contributed by atoms with Crippen molar-refractivity contribution < 1.29 is 4.39 Å². The molecule has 0 unspecified atom stereocenters. The van der Waals surface area contributed by atoms with Crippen molar-refractivity contribution in [2.24, 2.45) is 0 Å². The maximum atomic E-state index is 13.6. The molecule has 0 fully saturated rings. The number of rotatable bonds is 6. The summed E-state index contributed by atoms with van der Waals surface area (Å²) >= 11 is 1.11. The van der Waals surface area contributed by atoms with Crippen LogP contribution in [0, 0.1) is 5.13 Å². The number of hydrogen-bond acceptors (Lipinski definition) is 6. The van der Waals surface area contributed by atoms with E-state index in [0.717, 1.165) is 73.8 Å². The van der Waals surface area contributed by atoms with Crippen LogP contribution < -0.4 is 5.32 Å². The molecule has 34 heavy (non-hydrogen) atoms. The minimum atomic E-state index is -0.221. The topological polar surface area (TPSA) is 95.2 Å². The average Bonchev–Trinajstić information content (AvgIpc) is 3.59. The van der Waals surface area contributed by atoms with Gasteiger partial charge in [0.1, 0.15) is 5.52 Å². The molecule has 3 N–H and O–H groups in total. The first-order chi connectivity index (χ1) is 16.7. The van der Waals surface area contributed by atoms with Crippen LogP contribution in [0.3, 0.4) is 0 Å². The van der Waals surface area contributed by atoms with Crippen LogP contribution in [-0.4, -0.2) is 36.7 Å². The molecule has 0 saturated carbocycles. The summed E-state index contributed by atoms with van der Waals surface area (Å²) < 4.78 is 13.6. The van der Waals surface area contributed by atoms with Gasteiger partial charge < -0.3 is 10.3 Å². The smallest absolute Gasteiger partial charge is 0.176 e. The molecule has 0 aliphatic carbocycles. The largest absolute Gasteiger partial charge is 0.336 e. The Balaban J connectivity index is 1.44. The zero-order valence-electron chi connectivity index (χ0n) is 18.3. The summed E-state index contributed by atoms with van der Waals surface area (Å²) in [4.78, 5) is 18.3. The van der Waals surface area contributed by atoms with Gasteiger partial charge in [-0.15, -0.1) is 11.3 Å². The second-order valence-electron chi connectivity index (χ2n) is 7.92. The van der Waals surface area contributed by atoms with Crippen LogP contribution >= 0.6 is 11.3 Å². The molecule has 0 radical (unpaired) electrons. The van der Waals surface area contributed by atoms with Crippen LogP contribution in [0.4, 0.5) is 4.39 Å². The minimum Gasteiger partial charge on any atom is -0.336 e. The van der Waals surface area contributed by atoms with E-state index in [1.54, 1.807) is 6.07 Å². The SMILES string of the molecule is CCNCc1cncc(-c2ccc3[nH]nc(-c4nc5c(-c6ccc(F)s6)cccc5[nH]4)c3n2)c1. The normalized spacial score (nSPS) is 11.6. The first kappa shape index (κ1) is 20.6. The Bertz CT molecular complexity index is 1630. The highest BCUT2D eigenvalue weighted by atomic mass is 32.1. The summed E-state index contributed by atoms with van der Waals surface area (Å²) in [7, 11) is 0. The van der Waals surface area contributed by atoms with Crippen molar-refractivity contribution >= 4 is 33.4 Å². The number of nitrogens with one attached hydrogen (secondary N) is 3. The zero-order valence-corrected chi connectivity index (χ0v) is 19.1. The van der Waals surface area contributed by atoms with Crippen LogP contribution in [0.25, 0.3) is 55.3 Å². The molecule has 0 aliphatic rings. The Morgan fingerprint density at radius 3 is 2.79 bits per heavy atom. The fourth-order valence-electron chi connectivity index (χ4n) is 4.02. The molecule has 7 nitrogen and oxygen atoms in total. The van der Waals surface area contributed by atoms with Crippen LogP contribution in [0.15, 0.2) is 60.9 Å². The summed E-state index contributed by atoms with van der Waals surface area (Å²) in [5.41, 5.74) is 7.53. The maximum absolute atomic E-state index is 13.6. The summed E-state index contributed by atoms with van der Waals surface area (Å²) in [5, 5.41) is 10.7. The molecule has 0 atom stereocenters. The minimum absolute atomic E-state index is 0.221. The lowest BCUT2D eigenvalue weighted by Gasteiger charge is -2.05. The van der Waals surface area contributed by atoms with Gasteiger partial charge in [0.2, 0.25) is 0 Å². The van der Waals surface area contributed by atoms with E-state index in [1.807, 2.05) is 42.7 Å². The molecule has 5 heterocycles. The third kappa shape index (κ3) is 3.64. The van der Waals surface area contributed by atoms with Crippen LogP contribution in [0.2, 0.25) is 0 Å². The van der Waals surface area contributed by atoms with Crippen molar-refractivity contribution in [3.8, 4) is 33.2 Å². The monoisotopic (exact) mass is 469 g/mol. The molecule has 0 spiro atoms. The molecule has 9 heteroatoms. The van der Waals surface area contributed by atoms with Crippen molar-refractivity contribution in [2.45, 2.75) is 13.5 Å². The molecule has 6 aromatic rings. The van der Waals surface area contributed by atoms with Crippen molar-refractivity contribution in [1.29, 1.82) is 0 Å². The number of H-pyrrole nitrogens is 2. The van der Waals surface area contributed by atoms with Gasteiger partial charge in [0.15, 0.2) is 16.6 Å². The van der Waals surface area contributed by atoms with Crippen molar-refractivity contribution in [2.75, 3.05) is 6.54 Å². The standard InChI is InChI=1S/C25H20FN7S/c1-2-27-11-14-10-15(13-28-12-14)17-6-7-19-23(29-17)24(33-32-19)25-30-18-5-3-4-16(22(18)31-25)20-8-9-21(26)34-20/h3-10,12-13,27H,2,11H2,1H3,(H,30,31)(H,32,33). The van der Waals surface area contributed by atoms with Gasteiger partial charge in [-0.1, -0.05) is 19.1 Å². The predicted octanol–water partition coefficient (Wildman–Crippen LogP) is 5.54. The van der Waals surface area contributed by atoms with Gasteiger partial charge in [-0.3, -0.25) is 10.1 Å². The summed E-state index contributed by atoms with van der Waals surface area (Å²) in [5.74, 6) is 0.606. The van der Waals surface area contributed by atoms with E-state index in [4.69, 9.17) is 9.97 Å². The lowest BCUT2D eigenvalue weighted by molar-refractivity contribution is 0.657. The van der Waals surface area contributed by atoms with E-state index in [2.05, 4.69) is 38.5 Å². The van der Waals surface area contributed by atoms with E-state index in [9.17, 15) is 4.39 Å². The summed E-state index contributed by atoms with van der Waals surface area (Å²) in [6, 6.07) is 15.1. The van der Waals surface area contributed by atoms with Gasteiger partial charge in [0.25, 0.3) is 0 Å². The second-order valence-corrected chi connectivity index (χ2v) is 8.95. The first-order valence-corrected chi connectivity index (χ1v) is 11.8. The number of aromatic nitrogens is 6. The lowest BCUT2D eigenvalue weighted by atomic mass is 10.1. The number of fused-ring (bicyclic) bond motifs is 2. The molecule has 0 amide bonds. The van der Waals surface area contributed by atoms with Gasteiger partial charge in [-0.25, -0.2) is 9.97 Å².